The quantitative estimate of drug-likeness (QED) is 0.238. The van der Waals surface area contributed by atoms with Crippen molar-refractivity contribution >= 4 is 46.1 Å². The first-order valence-corrected chi connectivity index (χ1v) is 13.7. The number of nitrogens with zero attached hydrogens (tertiary/aromatic N) is 2. The molecule has 4 nitrogen and oxygen atoms in total. The normalized spacial score (nSPS) is 17.8. The summed E-state index contributed by atoms with van der Waals surface area (Å²) in [5, 5.41) is 5.13. The number of aromatic nitrogens is 2. The lowest BCUT2D eigenvalue weighted by molar-refractivity contribution is 0.360. The van der Waals surface area contributed by atoms with Crippen LogP contribution in [0.25, 0.3) is 22.0 Å². The molecule has 5 rings (SSSR count). The van der Waals surface area contributed by atoms with Gasteiger partial charge in [0.25, 0.3) is 0 Å². The number of aryl methyl sites for hydroxylation is 1. The van der Waals surface area contributed by atoms with E-state index in [-0.39, 0.29) is 5.82 Å². The van der Waals surface area contributed by atoms with Gasteiger partial charge in [-0.3, -0.25) is 0 Å². The molecule has 1 aliphatic rings. The molecule has 0 amide bonds. The lowest BCUT2D eigenvalue weighted by Crippen LogP contribution is -2.26. The summed E-state index contributed by atoms with van der Waals surface area (Å²) in [7, 11) is 0. The monoisotopic (exact) mass is 520 g/mol. The molecule has 1 aromatic heterocycles. The van der Waals surface area contributed by atoms with Gasteiger partial charge in [0.15, 0.2) is 0 Å². The van der Waals surface area contributed by atoms with Crippen molar-refractivity contribution in [2.75, 3.05) is 10.0 Å². The number of nitrogens with one attached hydrogen (secondary N) is 2. The second-order valence-electron chi connectivity index (χ2n) is 9.55. The van der Waals surface area contributed by atoms with Gasteiger partial charge < -0.3 is 10.0 Å². The summed E-state index contributed by atoms with van der Waals surface area (Å²) in [5.74, 6) is 1.19. The van der Waals surface area contributed by atoms with E-state index < -0.39 is 0 Å². The molecule has 1 heterocycles. The summed E-state index contributed by atoms with van der Waals surface area (Å²) < 4.78 is 18.1. The van der Waals surface area contributed by atoms with E-state index in [1.165, 1.54) is 24.8 Å². The predicted octanol–water partition coefficient (Wildman–Crippen LogP) is 8.76. The van der Waals surface area contributed by atoms with Gasteiger partial charge in [0.2, 0.25) is 5.95 Å². The van der Waals surface area contributed by atoms with Crippen molar-refractivity contribution in [3.8, 4) is 11.1 Å². The van der Waals surface area contributed by atoms with Gasteiger partial charge in [0.05, 0.1) is 16.2 Å². The van der Waals surface area contributed by atoms with Crippen LogP contribution in [0.5, 0.6) is 0 Å². The number of anilines is 2. The molecule has 1 fully saturated rings. The van der Waals surface area contributed by atoms with Gasteiger partial charge in [-0.25, -0.2) is 14.4 Å². The zero-order valence-corrected chi connectivity index (χ0v) is 22.1. The SMILES string of the molecule is CCc1cc(-c2ccc(NSc3ccccc3Cl)c(F)c2)cc2cnc(NC3CCC(C)CC3)nc12. The highest BCUT2D eigenvalue weighted by Gasteiger charge is 2.19. The molecular formula is C29H30ClFN4S. The highest BCUT2D eigenvalue weighted by atomic mass is 35.5. The van der Waals surface area contributed by atoms with Gasteiger partial charge in [0.1, 0.15) is 5.82 Å². The van der Waals surface area contributed by atoms with Crippen molar-refractivity contribution in [1.29, 1.82) is 0 Å². The Morgan fingerprint density at radius 1 is 1.03 bits per heavy atom. The first-order chi connectivity index (χ1) is 17.5. The molecule has 1 saturated carbocycles. The number of hydrogen-bond acceptors (Lipinski definition) is 5. The van der Waals surface area contributed by atoms with Crippen LogP contribution in [0.2, 0.25) is 5.02 Å². The Morgan fingerprint density at radius 3 is 2.58 bits per heavy atom. The summed E-state index contributed by atoms with van der Waals surface area (Å²) in [6.07, 6.45) is 7.53. The summed E-state index contributed by atoms with van der Waals surface area (Å²) in [5.41, 5.74) is 4.27. The van der Waals surface area contributed by atoms with Crippen LogP contribution < -0.4 is 10.0 Å². The Balaban J connectivity index is 1.36. The van der Waals surface area contributed by atoms with Crippen molar-refractivity contribution in [3.63, 3.8) is 0 Å². The molecule has 0 atom stereocenters. The van der Waals surface area contributed by atoms with E-state index in [0.29, 0.717) is 22.7 Å². The molecule has 3 aromatic carbocycles. The fourth-order valence-electron chi connectivity index (χ4n) is 4.73. The molecule has 0 bridgehead atoms. The molecular weight excluding hydrogens is 491 g/mol. The van der Waals surface area contributed by atoms with Crippen molar-refractivity contribution in [2.24, 2.45) is 5.92 Å². The Hall–Kier alpha value is -2.83. The van der Waals surface area contributed by atoms with E-state index in [2.05, 4.69) is 34.9 Å². The standard InChI is InChI=1S/C29H30ClFN4S/c1-3-19-14-21(15-22-17-32-29(34-28(19)22)33-23-11-8-18(2)9-12-23)20-10-13-26(25(31)16-20)35-36-27-7-5-4-6-24(27)30/h4-7,10,13-18,23,35H,3,8-9,11-12H2,1-2H3,(H,32,33,34). The van der Waals surface area contributed by atoms with Crippen molar-refractivity contribution in [1.82, 2.24) is 9.97 Å². The second kappa shape index (κ2) is 11.1. The maximum atomic E-state index is 15.0. The minimum atomic E-state index is -0.317. The smallest absolute Gasteiger partial charge is 0.223 e. The first kappa shape index (κ1) is 24.8. The van der Waals surface area contributed by atoms with E-state index in [9.17, 15) is 4.39 Å². The third-order valence-corrected chi connectivity index (χ3v) is 8.24. The number of rotatable bonds is 7. The van der Waals surface area contributed by atoms with Crippen LogP contribution in [0.15, 0.2) is 65.7 Å². The van der Waals surface area contributed by atoms with E-state index >= 15 is 0 Å². The van der Waals surface area contributed by atoms with Crippen LogP contribution in [-0.4, -0.2) is 16.0 Å². The van der Waals surface area contributed by atoms with Crippen LogP contribution in [-0.2, 0) is 6.42 Å². The highest BCUT2D eigenvalue weighted by Crippen LogP contribution is 2.33. The molecule has 7 heteroatoms. The van der Waals surface area contributed by atoms with Gasteiger partial charge in [-0.1, -0.05) is 43.6 Å². The maximum Gasteiger partial charge on any atom is 0.223 e. The lowest BCUT2D eigenvalue weighted by Gasteiger charge is -2.26. The van der Waals surface area contributed by atoms with Crippen LogP contribution in [0.3, 0.4) is 0 Å². The zero-order chi connectivity index (χ0) is 25.1. The van der Waals surface area contributed by atoms with Crippen molar-refractivity contribution < 1.29 is 4.39 Å². The van der Waals surface area contributed by atoms with Gasteiger partial charge in [-0.05, 0) is 103 Å². The molecule has 0 aliphatic heterocycles. The van der Waals surface area contributed by atoms with Crippen LogP contribution >= 0.6 is 23.5 Å². The van der Waals surface area contributed by atoms with E-state index in [1.807, 2.05) is 42.6 Å². The molecule has 0 radical (unpaired) electrons. The third-order valence-electron chi connectivity index (χ3n) is 6.90. The Bertz CT molecular complexity index is 1370. The van der Waals surface area contributed by atoms with Gasteiger partial charge >= 0.3 is 0 Å². The fourth-order valence-corrected chi connectivity index (χ4v) is 5.68. The molecule has 2 N–H and O–H groups in total. The van der Waals surface area contributed by atoms with Crippen LogP contribution in [0.1, 0.15) is 45.1 Å². The van der Waals surface area contributed by atoms with Crippen LogP contribution in [0.4, 0.5) is 16.0 Å². The van der Waals surface area contributed by atoms with Gasteiger partial charge in [-0.2, -0.15) is 0 Å². The van der Waals surface area contributed by atoms with Gasteiger partial charge in [-0.15, -0.1) is 0 Å². The van der Waals surface area contributed by atoms with Gasteiger partial charge in [0, 0.05) is 22.5 Å². The average molecular weight is 521 g/mol. The molecule has 0 saturated heterocycles. The minimum absolute atomic E-state index is 0.317. The number of hydrogen-bond donors (Lipinski definition) is 2. The largest absolute Gasteiger partial charge is 0.351 e. The summed E-state index contributed by atoms with van der Waals surface area (Å²) >= 11 is 7.50. The Morgan fingerprint density at radius 2 is 1.83 bits per heavy atom. The lowest BCUT2D eigenvalue weighted by atomic mass is 9.87. The predicted molar refractivity (Wildman–Crippen MR) is 150 cm³/mol. The van der Waals surface area contributed by atoms with Crippen molar-refractivity contribution in [3.05, 3.63) is 77.2 Å². The zero-order valence-electron chi connectivity index (χ0n) is 20.5. The minimum Gasteiger partial charge on any atom is -0.351 e. The third kappa shape index (κ3) is 5.60. The number of fused-ring (bicyclic) bond motifs is 1. The second-order valence-corrected chi connectivity index (χ2v) is 10.8. The summed E-state index contributed by atoms with van der Waals surface area (Å²) in [6.45, 7) is 4.44. The number of halogens is 2. The van der Waals surface area contributed by atoms with Crippen LogP contribution in [0, 0.1) is 11.7 Å². The Kier molecular flexibility index (Phi) is 7.63. The molecule has 186 valence electrons. The molecule has 0 spiro atoms. The summed E-state index contributed by atoms with van der Waals surface area (Å²) in [6, 6.07) is 17.3. The fraction of sp³-hybridized carbons (Fsp3) is 0.310. The first-order valence-electron chi connectivity index (χ1n) is 12.5. The highest BCUT2D eigenvalue weighted by molar-refractivity contribution is 8.00. The Labute approximate surface area is 221 Å². The maximum absolute atomic E-state index is 15.0. The average Bonchev–Trinajstić information content (AvgIpc) is 2.89. The molecule has 36 heavy (non-hydrogen) atoms. The van der Waals surface area contributed by atoms with E-state index in [0.717, 1.165) is 57.7 Å². The number of benzene rings is 3. The van der Waals surface area contributed by atoms with E-state index in [4.69, 9.17) is 16.6 Å². The van der Waals surface area contributed by atoms with E-state index in [1.54, 1.807) is 12.1 Å². The summed E-state index contributed by atoms with van der Waals surface area (Å²) in [4.78, 5) is 10.3. The van der Waals surface area contributed by atoms with Crippen molar-refractivity contribution in [2.45, 2.75) is 56.9 Å². The topological polar surface area (TPSA) is 49.8 Å². The molecule has 0 unspecified atom stereocenters. The molecule has 4 aromatic rings. The molecule has 1 aliphatic carbocycles.